The van der Waals surface area contributed by atoms with Crippen LogP contribution in [0.1, 0.15) is 91.1 Å². The van der Waals surface area contributed by atoms with E-state index in [1.807, 2.05) is 10.9 Å². The Morgan fingerprint density at radius 3 is 2.46 bits per heavy atom. The molecule has 2 aromatic carbocycles. The summed E-state index contributed by atoms with van der Waals surface area (Å²) < 4.78 is 65.4. The van der Waals surface area contributed by atoms with Gasteiger partial charge in [-0.2, -0.15) is 18.3 Å². The minimum atomic E-state index is -4.68. The van der Waals surface area contributed by atoms with Crippen molar-refractivity contribution in [3.63, 3.8) is 0 Å². The van der Waals surface area contributed by atoms with Crippen molar-refractivity contribution < 1.29 is 36.7 Å². The van der Waals surface area contributed by atoms with Crippen molar-refractivity contribution in [3.8, 4) is 5.75 Å². The van der Waals surface area contributed by atoms with E-state index in [0.29, 0.717) is 33.8 Å². The third-order valence-electron chi connectivity index (χ3n) is 11.8. The first-order valence-electron chi connectivity index (χ1n) is 19.2. The molecule has 5 aromatic rings. The molecule has 1 atom stereocenters. The Hall–Kier alpha value is -5.58. The molecule has 3 amide bonds. The lowest BCUT2D eigenvalue weighted by Crippen LogP contribution is -2.44. The van der Waals surface area contributed by atoms with Crippen LogP contribution in [0.15, 0.2) is 53.5 Å². The molecular formula is C40H42F4N8O5. The minimum absolute atomic E-state index is 0.0949. The number of piperidine rings is 2. The van der Waals surface area contributed by atoms with Crippen molar-refractivity contribution >= 4 is 45.3 Å². The number of halogens is 4. The lowest BCUT2D eigenvalue weighted by atomic mass is 9.84. The van der Waals surface area contributed by atoms with Gasteiger partial charge in [-0.3, -0.25) is 33.5 Å². The number of ether oxygens (including phenoxy) is 1. The van der Waals surface area contributed by atoms with Gasteiger partial charge in [0.2, 0.25) is 11.8 Å². The fourth-order valence-corrected chi connectivity index (χ4v) is 8.89. The molecule has 2 aliphatic heterocycles. The predicted molar refractivity (Wildman–Crippen MR) is 201 cm³/mol. The van der Waals surface area contributed by atoms with E-state index in [1.165, 1.54) is 28.4 Å². The zero-order chi connectivity index (χ0) is 40.2. The lowest BCUT2D eigenvalue weighted by Gasteiger charge is -2.37. The Kier molecular flexibility index (Phi) is 10.1. The Morgan fingerprint density at radius 1 is 1.00 bits per heavy atom. The van der Waals surface area contributed by atoms with Gasteiger partial charge in [-0.1, -0.05) is 6.07 Å². The largest absolute Gasteiger partial charge is 0.494 e. The Labute approximate surface area is 324 Å². The number of likely N-dealkylation sites (tertiary alicyclic amines) is 1. The number of carbonyl (C=O) groups is 3. The summed E-state index contributed by atoms with van der Waals surface area (Å²) >= 11 is 0. The van der Waals surface area contributed by atoms with Crippen LogP contribution in [0, 0.1) is 11.7 Å². The van der Waals surface area contributed by atoms with Crippen LogP contribution in [-0.4, -0.2) is 73.3 Å². The summed E-state index contributed by atoms with van der Waals surface area (Å²) in [6, 6.07) is 8.80. The number of benzene rings is 2. The molecule has 8 rings (SSSR count). The molecular weight excluding hydrogens is 748 g/mol. The lowest BCUT2D eigenvalue weighted by molar-refractivity contribution is -0.141. The van der Waals surface area contributed by atoms with Gasteiger partial charge in [-0.05, 0) is 100 Å². The molecule has 13 nitrogen and oxygen atoms in total. The van der Waals surface area contributed by atoms with Gasteiger partial charge >= 0.3 is 11.9 Å². The third kappa shape index (κ3) is 7.40. The highest BCUT2D eigenvalue weighted by atomic mass is 19.4. The minimum Gasteiger partial charge on any atom is -0.494 e. The highest BCUT2D eigenvalue weighted by molar-refractivity contribution is 6.05. The van der Waals surface area contributed by atoms with Crippen molar-refractivity contribution in [2.24, 2.45) is 13.0 Å². The van der Waals surface area contributed by atoms with Crippen molar-refractivity contribution in [2.75, 3.05) is 32.1 Å². The maximum Gasteiger partial charge on any atom is 0.433 e. The number of hydrogen-bond acceptors (Lipinski definition) is 8. The predicted octanol–water partition coefficient (Wildman–Crippen LogP) is 6.09. The smallest absolute Gasteiger partial charge is 0.433 e. The van der Waals surface area contributed by atoms with Gasteiger partial charge < -0.3 is 15.0 Å². The average Bonchev–Trinajstić information content (AvgIpc) is 3.72. The quantitative estimate of drug-likeness (QED) is 0.142. The number of pyridine rings is 1. The number of carbonyl (C=O) groups excluding carboxylic acids is 3. The molecule has 1 unspecified atom stereocenters. The molecule has 5 heterocycles. The van der Waals surface area contributed by atoms with Gasteiger partial charge in [0.05, 0.1) is 35.4 Å². The summed E-state index contributed by atoms with van der Waals surface area (Å²) in [5, 5.41) is 10.5. The molecule has 17 heteroatoms. The van der Waals surface area contributed by atoms with E-state index in [4.69, 9.17) is 9.84 Å². The molecule has 0 radical (unpaired) electrons. The summed E-state index contributed by atoms with van der Waals surface area (Å²) in [6.45, 7) is 2.51. The van der Waals surface area contributed by atoms with Crippen LogP contribution in [0.2, 0.25) is 0 Å². The summed E-state index contributed by atoms with van der Waals surface area (Å²) in [7, 11) is 3.04. The second-order valence-electron chi connectivity index (χ2n) is 15.3. The fraction of sp³-hybridized carbons (Fsp3) is 0.450. The summed E-state index contributed by atoms with van der Waals surface area (Å²) in [5.74, 6) is -1.36. The number of imide groups is 1. The summed E-state index contributed by atoms with van der Waals surface area (Å²) in [5.41, 5.74) is 0.506. The van der Waals surface area contributed by atoms with E-state index >= 15 is 4.39 Å². The SMILES string of the molecule is COc1cc2nn(C3CCC(CN4CCC(c5c(F)ccc6c5n(C)c(=O)n6C5CCC(=O)NC5=O)CC4)CC3)cc2cc1NC(=O)c1cccc(C(F)(F)F)n1. The van der Waals surface area contributed by atoms with E-state index in [0.717, 1.165) is 75.7 Å². The number of rotatable bonds is 8. The third-order valence-corrected chi connectivity index (χ3v) is 11.8. The maximum absolute atomic E-state index is 15.6. The molecule has 2 saturated heterocycles. The maximum atomic E-state index is 15.6. The van der Waals surface area contributed by atoms with Crippen LogP contribution in [-0.2, 0) is 22.8 Å². The molecule has 300 valence electrons. The van der Waals surface area contributed by atoms with Gasteiger partial charge in [0, 0.05) is 43.2 Å². The van der Waals surface area contributed by atoms with Crippen LogP contribution in [0.5, 0.6) is 5.75 Å². The Morgan fingerprint density at radius 2 is 1.75 bits per heavy atom. The van der Waals surface area contributed by atoms with Gasteiger partial charge in [0.15, 0.2) is 0 Å². The van der Waals surface area contributed by atoms with Gasteiger partial charge in [-0.15, -0.1) is 0 Å². The number of hydrogen-bond donors (Lipinski definition) is 2. The topological polar surface area (TPSA) is 145 Å². The van der Waals surface area contributed by atoms with Crippen LogP contribution < -0.4 is 21.1 Å². The highest BCUT2D eigenvalue weighted by Gasteiger charge is 2.35. The molecule has 3 fully saturated rings. The van der Waals surface area contributed by atoms with E-state index in [2.05, 4.69) is 20.5 Å². The molecule has 1 saturated carbocycles. The van der Waals surface area contributed by atoms with Gasteiger partial charge in [0.1, 0.15) is 29.0 Å². The van der Waals surface area contributed by atoms with Crippen molar-refractivity contribution in [1.82, 2.24) is 34.1 Å². The fourth-order valence-electron chi connectivity index (χ4n) is 8.89. The molecule has 57 heavy (non-hydrogen) atoms. The zero-order valence-electron chi connectivity index (χ0n) is 31.4. The summed E-state index contributed by atoms with van der Waals surface area (Å²) in [4.78, 5) is 56.7. The first kappa shape index (κ1) is 38.3. The average molecular weight is 791 g/mol. The monoisotopic (exact) mass is 790 g/mol. The van der Waals surface area contributed by atoms with E-state index in [-0.39, 0.29) is 47.9 Å². The van der Waals surface area contributed by atoms with E-state index in [1.54, 1.807) is 25.2 Å². The Balaban J connectivity index is 0.888. The van der Waals surface area contributed by atoms with Crippen LogP contribution in [0.3, 0.4) is 0 Å². The van der Waals surface area contributed by atoms with E-state index in [9.17, 15) is 32.3 Å². The second kappa shape index (κ2) is 15.1. The molecule has 3 aliphatic rings. The van der Waals surface area contributed by atoms with Crippen molar-refractivity contribution in [3.05, 3.63) is 81.9 Å². The van der Waals surface area contributed by atoms with Crippen LogP contribution in [0.4, 0.5) is 23.2 Å². The molecule has 2 N–H and O–H groups in total. The second-order valence-corrected chi connectivity index (χ2v) is 15.3. The number of nitrogens with zero attached hydrogens (tertiary/aromatic N) is 6. The first-order chi connectivity index (χ1) is 27.3. The standard InChI is InChI=1S/C40H42F4N8O5/c1-49-36-30(52(39(49)56)31-12-13-34(53)47-38(31)55)11-10-26(41)35(36)23-14-16-50(17-15-23)20-22-6-8-25(9-7-22)51-21-24-18-29(32(57-2)19-28(24)48-51)46-37(54)27-4-3-5-33(45-27)40(42,43)44/h3-5,10-11,18-19,21-23,25,31H,6-9,12-17,20H2,1-2H3,(H,46,54)(H,47,53,55). The van der Waals surface area contributed by atoms with Crippen LogP contribution in [0.25, 0.3) is 21.9 Å². The number of aromatic nitrogens is 5. The molecule has 3 aromatic heterocycles. The van der Waals surface area contributed by atoms with Gasteiger partial charge in [0.25, 0.3) is 5.91 Å². The highest BCUT2D eigenvalue weighted by Crippen LogP contribution is 2.39. The number of amides is 3. The molecule has 0 bridgehead atoms. The van der Waals surface area contributed by atoms with Gasteiger partial charge in [-0.25, -0.2) is 14.2 Å². The number of alkyl halides is 3. The summed E-state index contributed by atoms with van der Waals surface area (Å²) in [6.07, 6.45) is 2.86. The molecule has 0 spiro atoms. The number of anilines is 1. The number of aryl methyl sites for hydroxylation is 1. The van der Waals surface area contributed by atoms with E-state index < -0.39 is 35.4 Å². The van der Waals surface area contributed by atoms with Crippen LogP contribution >= 0.6 is 0 Å². The molecule has 1 aliphatic carbocycles. The first-order valence-corrected chi connectivity index (χ1v) is 19.2. The normalized spacial score (nSPS) is 21.3. The number of imidazole rings is 1. The Bertz CT molecular complexity index is 2440. The zero-order valence-corrected chi connectivity index (χ0v) is 31.4. The number of nitrogens with one attached hydrogen (secondary N) is 2. The number of methoxy groups -OCH3 is 1. The van der Waals surface area contributed by atoms with Crippen molar-refractivity contribution in [2.45, 2.75) is 75.5 Å². The number of fused-ring (bicyclic) bond motifs is 2. The van der Waals surface area contributed by atoms with Crippen molar-refractivity contribution in [1.29, 1.82) is 0 Å².